The zero-order valence-electron chi connectivity index (χ0n) is 10.2. The first kappa shape index (κ1) is 13.8. The Balaban J connectivity index is 2.85. The molecule has 5 nitrogen and oxygen atoms in total. The molecule has 0 unspecified atom stereocenters. The molecule has 1 rings (SSSR count). The molecule has 0 atom stereocenters. The number of nitrogens with one attached hydrogen (secondary N) is 1. The Morgan fingerprint density at radius 2 is 1.94 bits per heavy atom. The van der Waals surface area contributed by atoms with Crippen molar-refractivity contribution in [1.82, 2.24) is 4.72 Å². The van der Waals surface area contributed by atoms with Crippen LogP contribution >= 0.6 is 0 Å². The number of hydrogen-bond acceptors (Lipinski definition) is 4. The number of phenolic OH excluding ortho intramolecular Hbond substituents is 1. The summed E-state index contributed by atoms with van der Waals surface area (Å²) in [7, 11) is -3.43. The maximum Gasteiger partial charge on any atom is 0.216 e. The molecule has 0 saturated heterocycles. The normalized spacial score (nSPS) is 12.6. The quantitative estimate of drug-likeness (QED) is 0.561. The lowest BCUT2D eigenvalue weighted by molar-refractivity contribution is 0.466. The van der Waals surface area contributed by atoms with Crippen LogP contribution in [0.4, 0.5) is 5.69 Å². The zero-order chi connectivity index (χ0) is 13.3. The third-order valence-corrected chi connectivity index (χ3v) is 4.50. The van der Waals surface area contributed by atoms with E-state index >= 15 is 0 Å². The molecule has 6 heteroatoms. The summed E-state index contributed by atoms with van der Waals surface area (Å²) in [5.74, 6) is 0.0239. The van der Waals surface area contributed by atoms with Crippen LogP contribution in [0.15, 0.2) is 18.2 Å². The van der Waals surface area contributed by atoms with E-state index < -0.39 is 14.8 Å². The number of benzene rings is 1. The van der Waals surface area contributed by atoms with Gasteiger partial charge in [0.2, 0.25) is 10.0 Å². The molecule has 0 aliphatic rings. The lowest BCUT2D eigenvalue weighted by atomic mass is 10.2. The maximum absolute atomic E-state index is 11.8. The number of nitrogen functional groups attached to an aromatic ring is 1. The first-order valence-electron chi connectivity index (χ1n) is 5.20. The van der Waals surface area contributed by atoms with Gasteiger partial charge in [-0.25, -0.2) is 13.1 Å². The van der Waals surface area contributed by atoms with E-state index in [9.17, 15) is 13.5 Å². The van der Waals surface area contributed by atoms with Gasteiger partial charge in [-0.1, -0.05) is 0 Å². The minimum Gasteiger partial charge on any atom is -0.508 e. The summed E-state index contributed by atoms with van der Waals surface area (Å²) in [6, 6.07) is 4.54. The maximum atomic E-state index is 11.8. The predicted molar refractivity (Wildman–Crippen MR) is 68.0 cm³/mol. The Morgan fingerprint density at radius 1 is 1.35 bits per heavy atom. The summed E-state index contributed by atoms with van der Waals surface area (Å²) in [5.41, 5.74) is 6.50. The molecule has 0 aliphatic carbocycles. The van der Waals surface area contributed by atoms with Gasteiger partial charge >= 0.3 is 0 Å². The van der Waals surface area contributed by atoms with Gasteiger partial charge in [0.05, 0.1) is 4.75 Å². The van der Waals surface area contributed by atoms with Crippen molar-refractivity contribution in [1.29, 1.82) is 0 Å². The number of hydrogen-bond donors (Lipinski definition) is 3. The van der Waals surface area contributed by atoms with Crippen LogP contribution in [0.25, 0.3) is 0 Å². The number of anilines is 1. The van der Waals surface area contributed by atoms with Gasteiger partial charge in [0.25, 0.3) is 0 Å². The molecule has 1 aromatic rings. The number of phenols is 1. The van der Waals surface area contributed by atoms with Crippen molar-refractivity contribution < 1.29 is 13.5 Å². The number of sulfonamides is 1. The molecule has 17 heavy (non-hydrogen) atoms. The van der Waals surface area contributed by atoms with Gasteiger partial charge in [0.1, 0.15) is 5.75 Å². The van der Waals surface area contributed by atoms with Gasteiger partial charge in [0.15, 0.2) is 0 Å². The summed E-state index contributed by atoms with van der Waals surface area (Å²) < 4.78 is 25.1. The molecule has 4 N–H and O–H groups in total. The van der Waals surface area contributed by atoms with Crippen molar-refractivity contribution in [3.8, 4) is 5.75 Å². The second kappa shape index (κ2) is 4.54. The van der Waals surface area contributed by atoms with Crippen LogP contribution in [-0.2, 0) is 16.6 Å². The van der Waals surface area contributed by atoms with E-state index in [4.69, 9.17) is 5.73 Å². The van der Waals surface area contributed by atoms with E-state index in [0.717, 1.165) is 0 Å². The van der Waals surface area contributed by atoms with Crippen molar-refractivity contribution in [3.05, 3.63) is 23.8 Å². The third-order valence-electron chi connectivity index (χ3n) is 2.36. The highest BCUT2D eigenvalue weighted by Crippen LogP contribution is 2.21. The molecular formula is C11H18N2O3S. The Morgan fingerprint density at radius 3 is 2.47 bits per heavy atom. The van der Waals surface area contributed by atoms with Gasteiger partial charge < -0.3 is 10.8 Å². The number of rotatable bonds is 3. The van der Waals surface area contributed by atoms with Crippen LogP contribution in [-0.4, -0.2) is 18.3 Å². The predicted octanol–water partition coefficient (Wildman–Crippen LogP) is 1.19. The van der Waals surface area contributed by atoms with Crippen molar-refractivity contribution in [2.45, 2.75) is 32.1 Å². The molecule has 0 amide bonds. The van der Waals surface area contributed by atoms with Crippen molar-refractivity contribution in [3.63, 3.8) is 0 Å². The van der Waals surface area contributed by atoms with Crippen LogP contribution in [0.5, 0.6) is 5.75 Å². The Hall–Kier alpha value is -1.27. The van der Waals surface area contributed by atoms with Crippen molar-refractivity contribution in [2.75, 3.05) is 5.73 Å². The number of aromatic hydroxyl groups is 1. The summed E-state index contributed by atoms with van der Waals surface area (Å²) >= 11 is 0. The second-order valence-corrected chi connectivity index (χ2v) is 7.35. The average Bonchev–Trinajstić information content (AvgIpc) is 2.18. The minimum atomic E-state index is -3.43. The van der Waals surface area contributed by atoms with Crippen LogP contribution in [0.1, 0.15) is 26.3 Å². The zero-order valence-corrected chi connectivity index (χ0v) is 11.0. The molecule has 0 heterocycles. The Labute approximate surface area is 102 Å². The van der Waals surface area contributed by atoms with E-state index in [1.165, 1.54) is 6.07 Å². The fourth-order valence-corrected chi connectivity index (χ4v) is 1.91. The van der Waals surface area contributed by atoms with Crippen molar-refractivity contribution in [2.24, 2.45) is 0 Å². The van der Waals surface area contributed by atoms with Crippen LogP contribution < -0.4 is 10.5 Å². The van der Waals surface area contributed by atoms with E-state index in [1.807, 2.05) is 0 Å². The highest BCUT2D eigenvalue weighted by Gasteiger charge is 2.28. The lowest BCUT2D eigenvalue weighted by Gasteiger charge is -2.20. The van der Waals surface area contributed by atoms with Gasteiger partial charge in [-0.05, 0) is 39.0 Å². The minimum absolute atomic E-state index is 0.0239. The Bertz CT molecular complexity index is 504. The van der Waals surface area contributed by atoms with Gasteiger partial charge in [-0.3, -0.25) is 0 Å². The number of nitrogens with two attached hydrogens (primary N) is 1. The highest BCUT2D eigenvalue weighted by atomic mass is 32.2. The third kappa shape index (κ3) is 3.34. The molecule has 96 valence electrons. The standard InChI is InChI=1S/C11H18N2O3S/c1-11(2,3)17(15,16)13-7-8-6-9(12)4-5-10(8)14/h4-6,13-14H,7,12H2,1-3H3. The highest BCUT2D eigenvalue weighted by molar-refractivity contribution is 7.90. The van der Waals surface area contributed by atoms with Gasteiger partial charge in [0, 0.05) is 17.8 Å². The summed E-state index contributed by atoms with van der Waals surface area (Å²) in [6.45, 7) is 4.84. The van der Waals surface area contributed by atoms with Gasteiger partial charge in [-0.2, -0.15) is 0 Å². The fourth-order valence-electron chi connectivity index (χ4n) is 1.14. The molecule has 0 spiro atoms. The van der Waals surface area contributed by atoms with Crippen LogP contribution in [0.3, 0.4) is 0 Å². The van der Waals surface area contributed by atoms with Crippen LogP contribution in [0.2, 0.25) is 0 Å². The molecule has 0 fully saturated rings. The van der Waals surface area contributed by atoms with E-state index in [1.54, 1.807) is 32.9 Å². The first-order chi connectivity index (χ1) is 7.63. The Kier molecular flexibility index (Phi) is 3.68. The first-order valence-corrected chi connectivity index (χ1v) is 6.68. The summed E-state index contributed by atoms with van der Waals surface area (Å²) in [6.07, 6.45) is 0. The molecule has 1 aromatic carbocycles. The molecule has 0 aliphatic heterocycles. The van der Waals surface area contributed by atoms with Gasteiger partial charge in [-0.15, -0.1) is 0 Å². The molecule has 0 saturated carbocycles. The smallest absolute Gasteiger partial charge is 0.216 e. The van der Waals surface area contributed by atoms with Crippen molar-refractivity contribution >= 4 is 15.7 Å². The van der Waals surface area contributed by atoms with E-state index in [-0.39, 0.29) is 12.3 Å². The fraction of sp³-hybridized carbons (Fsp3) is 0.455. The largest absolute Gasteiger partial charge is 0.508 e. The van der Waals surface area contributed by atoms with E-state index in [2.05, 4.69) is 4.72 Å². The molecular weight excluding hydrogens is 240 g/mol. The average molecular weight is 258 g/mol. The second-order valence-electron chi connectivity index (χ2n) is 4.83. The van der Waals surface area contributed by atoms with E-state index in [0.29, 0.717) is 11.3 Å². The molecule has 0 radical (unpaired) electrons. The topological polar surface area (TPSA) is 92.4 Å². The molecule has 0 aromatic heterocycles. The van der Waals surface area contributed by atoms with Crippen LogP contribution in [0, 0.1) is 0 Å². The SMILES string of the molecule is CC(C)(C)S(=O)(=O)NCc1cc(N)ccc1O. The molecule has 0 bridgehead atoms. The summed E-state index contributed by atoms with van der Waals surface area (Å²) in [5, 5.41) is 9.54. The lowest BCUT2D eigenvalue weighted by Crippen LogP contribution is -2.38. The summed E-state index contributed by atoms with van der Waals surface area (Å²) in [4.78, 5) is 0. The monoisotopic (exact) mass is 258 g/mol.